The lowest BCUT2D eigenvalue weighted by Gasteiger charge is -2.22. The number of hydrogen-bond donors (Lipinski definition) is 3. The molecule has 0 bridgehead atoms. The summed E-state index contributed by atoms with van der Waals surface area (Å²) < 4.78 is 5.02. The third-order valence-electron chi connectivity index (χ3n) is 3.41. The van der Waals surface area contributed by atoms with Crippen LogP contribution in [0.4, 0.5) is 10.5 Å². The quantitative estimate of drug-likeness (QED) is 0.778. The molecule has 0 aromatic heterocycles. The van der Waals surface area contributed by atoms with E-state index in [1.54, 1.807) is 24.3 Å². The van der Waals surface area contributed by atoms with Crippen LogP contribution in [0.5, 0.6) is 5.75 Å². The number of urea groups is 1. The molecule has 2 amide bonds. The Labute approximate surface area is 123 Å². The van der Waals surface area contributed by atoms with Gasteiger partial charge in [-0.3, -0.25) is 0 Å². The normalized spacial score (nSPS) is 15.2. The van der Waals surface area contributed by atoms with Crippen molar-refractivity contribution >= 4 is 17.7 Å². The number of nitrogens with one attached hydrogen (secondary N) is 2. The lowest BCUT2D eigenvalue weighted by molar-refractivity contribution is -0.139. The zero-order valence-electron chi connectivity index (χ0n) is 11.8. The summed E-state index contributed by atoms with van der Waals surface area (Å²) in [6.45, 7) is -0.380. The van der Waals surface area contributed by atoms with Gasteiger partial charge in [0.2, 0.25) is 0 Å². The molecule has 21 heavy (non-hydrogen) atoms. The van der Waals surface area contributed by atoms with Crippen molar-refractivity contribution in [1.82, 2.24) is 5.32 Å². The predicted molar refractivity (Wildman–Crippen MR) is 78.6 cm³/mol. The van der Waals surface area contributed by atoms with Gasteiger partial charge in [0.05, 0.1) is 0 Å². The van der Waals surface area contributed by atoms with Gasteiger partial charge in [0.15, 0.2) is 6.61 Å². The lowest BCUT2D eigenvalue weighted by atomic mass is 9.96. The molecule has 6 nitrogen and oxygen atoms in total. The fourth-order valence-corrected chi connectivity index (χ4v) is 2.38. The Morgan fingerprint density at radius 3 is 2.43 bits per heavy atom. The minimum absolute atomic E-state index is 0.207. The van der Waals surface area contributed by atoms with Gasteiger partial charge in [-0.05, 0) is 37.1 Å². The van der Waals surface area contributed by atoms with Crippen molar-refractivity contribution in [3.63, 3.8) is 0 Å². The van der Waals surface area contributed by atoms with Crippen LogP contribution in [0.15, 0.2) is 24.3 Å². The third-order valence-corrected chi connectivity index (χ3v) is 3.41. The van der Waals surface area contributed by atoms with Gasteiger partial charge in [0, 0.05) is 11.7 Å². The molecule has 0 atom stereocenters. The van der Waals surface area contributed by atoms with Crippen LogP contribution in [0, 0.1) is 0 Å². The number of carboxylic acids is 1. The van der Waals surface area contributed by atoms with Crippen molar-refractivity contribution < 1.29 is 19.4 Å². The van der Waals surface area contributed by atoms with Crippen molar-refractivity contribution in [1.29, 1.82) is 0 Å². The molecule has 1 aromatic rings. The van der Waals surface area contributed by atoms with Crippen molar-refractivity contribution in [3.05, 3.63) is 24.3 Å². The topological polar surface area (TPSA) is 87.7 Å². The Morgan fingerprint density at radius 1 is 1.14 bits per heavy atom. The molecular weight excluding hydrogens is 272 g/mol. The fraction of sp³-hybridized carbons (Fsp3) is 0.467. The molecule has 0 aliphatic heterocycles. The molecule has 0 spiro atoms. The van der Waals surface area contributed by atoms with Crippen LogP contribution in [-0.2, 0) is 4.79 Å². The molecule has 1 fully saturated rings. The maximum atomic E-state index is 11.8. The zero-order valence-corrected chi connectivity index (χ0v) is 11.8. The number of carbonyl (C=O) groups is 2. The van der Waals surface area contributed by atoms with E-state index in [1.807, 2.05) is 0 Å². The average Bonchev–Trinajstić information content (AvgIpc) is 2.47. The highest BCUT2D eigenvalue weighted by atomic mass is 16.5. The molecule has 114 valence electrons. The number of carboxylic acid groups (broad SMARTS) is 1. The van der Waals surface area contributed by atoms with Gasteiger partial charge < -0.3 is 20.5 Å². The Balaban J connectivity index is 1.79. The largest absolute Gasteiger partial charge is 0.482 e. The Bertz CT molecular complexity index is 481. The molecule has 3 N–H and O–H groups in total. The van der Waals surface area contributed by atoms with Crippen LogP contribution in [0.25, 0.3) is 0 Å². The van der Waals surface area contributed by atoms with Gasteiger partial charge in [-0.15, -0.1) is 0 Å². The summed E-state index contributed by atoms with van der Waals surface area (Å²) in [5, 5.41) is 14.2. The summed E-state index contributed by atoms with van der Waals surface area (Å²) in [6.07, 6.45) is 5.66. The highest BCUT2D eigenvalue weighted by Gasteiger charge is 2.15. The smallest absolute Gasteiger partial charge is 0.341 e. The maximum Gasteiger partial charge on any atom is 0.341 e. The Hall–Kier alpha value is -2.24. The van der Waals surface area contributed by atoms with Crippen LogP contribution in [-0.4, -0.2) is 29.8 Å². The van der Waals surface area contributed by atoms with Crippen LogP contribution < -0.4 is 15.4 Å². The lowest BCUT2D eigenvalue weighted by Crippen LogP contribution is -2.38. The molecule has 1 aromatic carbocycles. The zero-order chi connectivity index (χ0) is 15.1. The fourth-order valence-electron chi connectivity index (χ4n) is 2.38. The molecule has 1 aliphatic rings. The molecule has 0 radical (unpaired) electrons. The first kappa shape index (κ1) is 15.2. The first-order valence-corrected chi connectivity index (χ1v) is 7.15. The van der Waals surface area contributed by atoms with Crippen LogP contribution >= 0.6 is 0 Å². The Morgan fingerprint density at radius 2 is 1.81 bits per heavy atom. The molecule has 6 heteroatoms. The van der Waals surface area contributed by atoms with E-state index in [-0.39, 0.29) is 18.7 Å². The summed E-state index contributed by atoms with van der Waals surface area (Å²) in [6, 6.07) is 6.66. The summed E-state index contributed by atoms with van der Waals surface area (Å²) in [5.74, 6) is -0.570. The molecule has 0 unspecified atom stereocenters. The molecular formula is C15H20N2O4. The number of amides is 2. The highest BCUT2D eigenvalue weighted by Crippen LogP contribution is 2.18. The van der Waals surface area contributed by atoms with Gasteiger partial charge in [-0.2, -0.15) is 0 Å². The van der Waals surface area contributed by atoms with Crippen molar-refractivity contribution in [2.75, 3.05) is 11.9 Å². The van der Waals surface area contributed by atoms with E-state index in [0.29, 0.717) is 11.4 Å². The van der Waals surface area contributed by atoms with Crippen molar-refractivity contribution in [2.24, 2.45) is 0 Å². The van der Waals surface area contributed by atoms with E-state index in [0.717, 1.165) is 12.8 Å². The number of anilines is 1. The number of ether oxygens (including phenoxy) is 1. The van der Waals surface area contributed by atoms with Gasteiger partial charge in [-0.25, -0.2) is 9.59 Å². The first-order chi connectivity index (χ1) is 10.1. The monoisotopic (exact) mass is 292 g/mol. The van der Waals surface area contributed by atoms with Crippen molar-refractivity contribution in [2.45, 2.75) is 38.1 Å². The number of hydrogen-bond acceptors (Lipinski definition) is 3. The second-order valence-corrected chi connectivity index (χ2v) is 5.14. The highest BCUT2D eigenvalue weighted by molar-refractivity contribution is 5.89. The van der Waals surface area contributed by atoms with Gasteiger partial charge >= 0.3 is 12.0 Å². The second kappa shape index (κ2) is 7.52. The van der Waals surface area contributed by atoms with Gasteiger partial charge in [-0.1, -0.05) is 19.3 Å². The number of rotatable bonds is 5. The van der Waals surface area contributed by atoms with E-state index >= 15 is 0 Å². The van der Waals surface area contributed by atoms with E-state index < -0.39 is 5.97 Å². The van der Waals surface area contributed by atoms with E-state index in [1.165, 1.54) is 19.3 Å². The molecule has 1 aliphatic carbocycles. The van der Waals surface area contributed by atoms with Gasteiger partial charge in [0.1, 0.15) is 5.75 Å². The maximum absolute atomic E-state index is 11.8. The van der Waals surface area contributed by atoms with E-state index in [4.69, 9.17) is 9.84 Å². The number of benzene rings is 1. The predicted octanol–water partition coefficient (Wildman–Crippen LogP) is 2.60. The van der Waals surface area contributed by atoms with Crippen LogP contribution in [0.2, 0.25) is 0 Å². The Kier molecular flexibility index (Phi) is 5.43. The standard InChI is InChI=1S/C15H20N2O4/c18-14(19)10-21-13-8-6-12(7-9-13)17-15(20)16-11-4-2-1-3-5-11/h6-9,11H,1-5,10H2,(H,18,19)(H2,16,17,20). The first-order valence-electron chi connectivity index (χ1n) is 7.15. The number of carbonyl (C=O) groups excluding carboxylic acids is 1. The van der Waals surface area contributed by atoms with Gasteiger partial charge in [0.25, 0.3) is 0 Å². The average molecular weight is 292 g/mol. The van der Waals surface area contributed by atoms with Crippen LogP contribution in [0.1, 0.15) is 32.1 Å². The number of aliphatic carboxylic acids is 1. The third kappa shape index (κ3) is 5.33. The van der Waals surface area contributed by atoms with Crippen molar-refractivity contribution in [3.8, 4) is 5.75 Å². The minimum Gasteiger partial charge on any atom is -0.482 e. The van der Waals surface area contributed by atoms with Crippen LogP contribution in [0.3, 0.4) is 0 Å². The summed E-state index contributed by atoms with van der Waals surface area (Å²) in [7, 11) is 0. The molecule has 1 saturated carbocycles. The molecule has 2 rings (SSSR count). The molecule has 0 heterocycles. The summed E-state index contributed by atoms with van der Waals surface area (Å²) >= 11 is 0. The van der Waals surface area contributed by atoms with E-state index in [9.17, 15) is 9.59 Å². The molecule has 0 saturated heterocycles. The summed E-state index contributed by atoms with van der Waals surface area (Å²) in [4.78, 5) is 22.2. The second-order valence-electron chi connectivity index (χ2n) is 5.14. The minimum atomic E-state index is -1.02. The SMILES string of the molecule is O=C(O)COc1ccc(NC(=O)NC2CCCCC2)cc1. The van der Waals surface area contributed by atoms with E-state index in [2.05, 4.69) is 10.6 Å². The summed E-state index contributed by atoms with van der Waals surface area (Å²) in [5.41, 5.74) is 0.644.